The van der Waals surface area contributed by atoms with Gasteiger partial charge in [0.25, 0.3) is 5.69 Å². The molecule has 0 atom stereocenters. The molecule has 5 heteroatoms. The molecule has 0 aliphatic rings. The second-order valence-corrected chi connectivity index (χ2v) is 3.80. The monoisotopic (exact) mass is 256 g/mol. The van der Waals surface area contributed by atoms with E-state index in [1.807, 2.05) is 12.1 Å². The molecule has 0 unspecified atom stereocenters. The molecule has 19 heavy (non-hydrogen) atoms. The van der Waals surface area contributed by atoms with Gasteiger partial charge in [-0.15, -0.1) is 0 Å². The number of aromatic nitrogens is 1. The van der Waals surface area contributed by atoms with Crippen LogP contribution >= 0.6 is 0 Å². The Morgan fingerprint density at radius 2 is 1.95 bits per heavy atom. The van der Waals surface area contributed by atoms with Crippen molar-refractivity contribution in [2.75, 3.05) is 7.11 Å². The van der Waals surface area contributed by atoms with Crippen LogP contribution < -0.4 is 4.74 Å². The third-order valence-corrected chi connectivity index (χ3v) is 2.60. The maximum Gasteiger partial charge on any atom is 0.280 e. The number of methoxy groups -OCH3 is 1. The molecule has 1 aromatic carbocycles. The average molecular weight is 256 g/mol. The van der Waals surface area contributed by atoms with Gasteiger partial charge in [0.1, 0.15) is 5.75 Å². The summed E-state index contributed by atoms with van der Waals surface area (Å²) in [5.74, 6) is 0.466. The Morgan fingerprint density at radius 3 is 2.58 bits per heavy atom. The highest BCUT2D eigenvalue weighted by Crippen LogP contribution is 2.26. The molecule has 96 valence electrons. The van der Waals surface area contributed by atoms with Gasteiger partial charge in [-0.3, -0.25) is 15.1 Å². The van der Waals surface area contributed by atoms with Crippen LogP contribution in [0.1, 0.15) is 11.1 Å². The highest BCUT2D eigenvalue weighted by atomic mass is 16.6. The molecule has 1 aromatic heterocycles. The minimum Gasteiger partial charge on any atom is -0.497 e. The van der Waals surface area contributed by atoms with Crippen LogP contribution in [0, 0.1) is 10.1 Å². The van der Waals surface area contributed by atoms with E-state index in [1.54, 1.807) is 36.7 Å². The van der Waals surface area contributed by atoms with Crippen molar-refractivity contribution >= 4 is 17.8 Å². The Kier molecular flexibility index (Phi) is 3.87. The zero-order chi connectivity index (χ0) is 13.7. The van der Waals surface area contributed by atoms with Crippen molar-refractivity contribution in [2.45, 2.75) is 0 Å². The molecule has 0 aliphatic heterocycles. The molecule has 1 heterocycles. The summed E-state index contributed by atoms with van der Waals surface area (Å²) in [5.41, 5.74) is 1.48. The quantitative estimate of drug-likeness (QED) is 0.622. The van der Waals surface area contributed by atoms with Gasteiger partial charge in [0.15, 0.2) is 0 Å². The summed E-state index contributed by atoms with van der Waals surface area (Å²) in [4.78, 5) is 14.5. The van der Waals surface area contributed by atoms with Gasteiger partial charge < -0.3 is 4.74 Å². The standard InChI is InChI=1S/C14H12N2O3/c1-19-13-5-4-12(14(10-13)16(17)18)3-2-11-6-8-15-9-7-11/h2-10H,1H3/b3-2+. The number of ether oxygens (including phenoxy) is 1. The van der Waals surface area contributed by atoms with Crippen molar-refractivity contribution in [3.63, 3.8) is 0 Å². The second-order valence-electron chi connectivity index (χ2n) is 3.80. The Balaban J connectivity index is 2.34. The number of nitro groups is 1. The molecule has 2 rings (SSSR count). The Hall–Kier alpha value is -2.69. The number of nitro benzene ring substituents is 1. The lowest BCUT2D eigenvalue weighted by molar-refractivity contribution is -0.385. The van der Waals surface area contributed by atoms with E-state index in [4.69, 9.17) is 4.74 Å². The summed E-state index contributed by atoms with van der Waals surface area (Å²) in [6.45, 7) is 0. The van der Waals surface area contributed by atoms with Crippen LogP contribution in [-0.4, -0.2) is 17.0 Å². The number of hydrogen-bond acceptors (Lipinski definition) is 4. The van der Waals surface area contributed by atoms with Gasteiger partial charge in [-0.05, 0) is 35.9 Å². The van der Waals surface area contributed by atoms with Crippen LogP contribution in [-0.2, 0) is 0 Å². The van der Waals surface area contributed by atoms with E-state index in [0.717, 1.165) is 5.56 Å². The molecule has 0 fully saturated rings. The molecule has 2 aromatic rings. The van der Waals surface area contributed by atoms with Crippen molar-refractivity contribution in [3.8, 4) is 5.75 Å². The lowest BCUT2D eigenvalue weighted by atomic mass is 10.1. The zero-order valence-corrected chi connectivity index (χ0v) is 10.3. The molecule has 0 saturated heterocycles. The minimum atomic E-state index is -0.422. The molecule has 0 N–H and O–H groups in total. The second kappa shape index (κ2) is 5.77. The van der Waals surface area contributed by atoms with Gasteiger partial charge in [-0.2, -0.15) is 0 Å². The molecular formula is C14H12N2O3. The molecule has 5 nitrogen and oxygen atoms in total. The van der Waals surface area contributed by atoms with Crippen LogP contribution in [0.2, 0.25) is 0 Å². The average Bonchev–Trinajstić information content (AvgIpc) is 2.46. The van der Waals surface area contributed by atoms with E-state index in [0.29, 0.717) is 11.3 Å². The van der Waals surface area contributed by atoms with E-state index >= 15 is 0 Å². The smallest absolute Gasteiger partial charge is 0.280 e. The van der Waals surface area contributed by atoms with Crippen LogP contribution in [0.25, 0.3) is 12.2 Å². The van der Waals surface area contributed by atoms with Crippen LogP contribution in [0.3, 0.4) is 0 Å². The van der Waals surface area contributed by atoms with Gasteiger partial charge in [0.2, 0.25) is 0 Å². The van der Waals surface area contributed by atoms with Crippen molar-refractivity contribution in [1.82, 2.24) is 4.98 Å². The number of pyridine rings is 1. The van der Waals surface area contributed by atoms with Crippen molar-refractivity contribution in [2.24, 2.45) is 0 Å². The van der Waals surface area contributed by atoms with Crippen molar-refractivity contribution < 1.29 is 9.66 Å². The zero-order valence-electron chi connectivity index (χ0n) is 10.3. The van der Waals surface area contributed by atoms with Gasteiger partial charge >= 0.3 is 0 Å². The largest absolute Gasteiger partial charge is 0.497 e. The first-order valence-electron chi connectivity index (χ1n) is 5.61. The van der Waals surface area contributed by atoms with Gasteiger partial charge in [0.05, 0.1) is 23.7 Å². The van der Waals surface area contributed by atoms with E-state index in [-0.39, 0.29) is 5.69 Å². The molecule has 0 bridgehead atoms. The topological polar surface area (TPSA) is 65.3 Å². The van der Waals surface area contributed by atoms with E-state index in [9.17, 15) is 10.1 Å². The third kappa shape index (κ3) is 3.16. The first kappa shape index (κ1) is 12.8. The summed E-state index contributed by atoms with van der Waals surface area (Å²) >= 11 is 0. The minimum absolute atomic E-state index is 0.0182. The number of rotatable bonds is 4. The molecular weight excluding hydrogens is 244 g/mol. The Labute approximate surface area is 110 Å². The van der Waals surface area contributed by atoms with Crippen LogP contribution in [0.5, 0.6) is 5.75 Å². The first-order valence-corrected chi connectivity index (χ1v) is 5.61. The first-order chi connectivity index (χ1) is 9.20. The Bertz CT molecular complexity index is 609. The molecule has 0 aliphatic carbocycles. The highest BCUT2D eigenvalue weighted by molar-refractivity contribution is 5.74. The summed E-state index contributed by atoms with van der Waals surface area (Å²) in [6.07, 6.45) is 6.84. The summed E-state index contributed by atoms with van der Waals surface area (Å²) in [6, 6.07) is 8.41. The Morgan fingerprint density at radius 1 is 1.21 bits per heavy atom. The van der Waals surface area contributed by atoms with Gasteiger partial charge in [-0.25, -0.2) is 0 Å². The molecule has 0 radical (unpaired) electrons. The van der Waals surface area contributed by atoms with E-state index < -0.39 is 4.92 Å². The predicted molar refractivity (Wildman–Crippen MR) is 72.8 cm³/mol. The van der Waals surface area contributed by atoms with Gasteiger partial charge in [-0.1, -0.05) is 6.08 Å². The third-order valence-electron chi connectivity index (χ3n) is 2.60. The van der Waals surface area contributed by atoms with E-state index in [2.05, 4.69) is 4.98 Å². The fraction of sp³-hybridized carbons (Fsp3) is 0.0714. The number of benzene rings is 1. The van der Waals surface area contributed by atoms with E-state index in [1.165, 1.54) is 13.2 Å². The number of hydrogen-bond donors (Lipinski definition) is 0. The summed E-state index contributed by atoms with van der Waals surface area (Å²) in [5, 5.41) is 11.0. The van der Waals surface area contributed by atoms with Crippen molar-refractivity contribution in [3.05, 3.63) is 64.0 Å². The predicted octanol–water partition coefficient (Wildman–Crippen LogP) is 3.17. The highest BCUT2D eigenvalue weighted by Gasteiger charge is 2.12. The normalized spacial score (nSPS) is 10.6. The maximum absolute atomic E-state index is 11.0. The number of nitrogens with zero attached hydrogens (tertiary/aromatic N) is 2. The lowest BCUT2D eigenvalue weighted by Crippen LogP contribution is -1.93. The molecule has 0 amide bonds. The van der Waals surface area contributed by atoms with Crippen LogP contribution in [0.4, 0.5) is 5.69 Å². The SMILES string of the molecule is COc1ccc(/C=C/c2ccncc2)c([N+](=O)[O-])c1. The summed E-state index contributed by atoms with van der Waals surface area (Å²) < 4.78 is 4.99. The van der Waals surface area contributed by atoms with Crippen molar-refractivity contribution in [1.29, 1.82) is 0 Å². The lowest BCUT2D eigenvalue weighted by Gasteiger charge is -2.02. The fourth-order valence-corrected chi connectivity index (χ4v) is 1.61. The molecule has 0 spiro atoms. The molecule has 0 saturated carbocycles. The summed E-state index contributed by atoms with van der Waals surface area (Å²) in [7, 11) is 1.48. The fourth-order valence-electron chi connectivity index (χ4n) is 1.61. The van der Waals surface area contributed by atoms with Crippen LogP contribution in [0.15, 0.2) is 42.7 Å². The maximum atomic E-state index is 11.0. The van der Waals surface area contributed by atoms with Gasteiger partial charge in [0, 0.05) is 12.4 Å².